The first kappa shape index (κ1) is 31.1. The Morgan fingerprint density at radius 3 is 1.43 bits per heavy atom. The van der Waals surface area contributed by atoms with Gasteiger partial charge in [-0.25, -0.2) is 4.98 Å². The fourth-order valence-electron chi connectivity index (χ4n) is 5.41. The molecule has 4 heterocycles. The number of aromatic hydroxyl groups is 2. The summed E-state index contributed by atoms with van der Waals surface area (Å²) in [4.78, 5) is 14.1. The summed E-state index contributed by atoms with van der Waals surface area (Å²) in [6, 6.07) is 31.7. The number of hydrogen-bond acceptors (Lipinski definition) is 5. The highest BCUT2D eigenvalue weighted by molar-refractivity contribution is 7.37. The van der Waals surface area contributed by atoms with Crippen molar-refractivity contribution in [3.63, 3.8) is 0 Å². The molecule has 6 aromatic rings. The van der Waals surface area contributed by atoms with Gasteiger partial charge in [0.1, 0.15) is 11.5 Å². The van der Waals surface area contributed by atoms with Gasteiger partial charge in [0.25, 0.3) is 0 Å². The van der Waals surface area contributed by atoms with E-state index in [0.29, 0.717) is 28.1 Å². The number of aromatic nitrogens is 3. The third-order valence-electron chi connectivity index (χ3n) is 8.15. The zero-order valence-corrected chi connectivity index (χ0v) is 28.0. The summed E-state index contributed by atoms with van der Waals surface area (Å²) in [5.74, 6) is 0.373. The van der Waals surface area contributed by atoms with Crippen LogP contribution in [-0.2, 0) is 10.8 Å². The molecule has 0 aliphatic heterocycles. The molecule has 2 aromatic carbocycles. The minimum Gasteiger partial charge on any atom is -0.507 e. The molecule has 0 amide bonds. The zero-order valence-electron chi connectivity index (χ0n) is 27.1. The van der Waals surface area contributed by atoms with Crippen LogP contribution in [0.5, 0.6) is 11.5 Å². The molecule has 0 radical (unpaired) electrons. The molecule has 0 saturated heterocycles. The molecule has 0 aliphatic rings. The van der Waals surface area contributed by atoms with Crippen LogP contribution in [-0.4, -0.2) is 25.2 Å². The van der Waals surface area contributed by atoms with Crippen molar-refractivity contribution in [2.24, 2.45) is 0 Å². The lowest BCUT2D eigenvalue weighted by Gasteiger charge is -2.23. The van der Waals surface area contributed by atoms with Crippen LogP contribution in [0.25, 0.3) is 55.6 Å². The number of phenols is 2. The Morgan fingerprint density at radius 2 is 0.913 bits per heavy atom. The summed E-state index contributed by atoms with van der Waals surface area (Å²) >= 11 is 0. The molecule has 6 rings (SSSR count). The van der Waals surface area contributed by atoms with E-state index in [0.717, 1.165) is 46.9 Å². The molecule has 0 spiro atoms. The fourth-order valence-corrected chi connectivity index (χ4v) is 6.53. The van der Waals surface area contributed by atoms with E-state index in [1.807, 2.05) is 78.9 Å². The number of hydrogen-bond donors (Lipinski definition) is 2. The fraction of sp³-hybridized carbons (Fsp3) is 0.200. The van der Waals surface area contributed by atoms with Gasteiger partial charge in [-0.3, -0.25) is 9.97 Å². The van der Waals surface area contributed by atoms with Gasteiger partial charge in [0, 0.05) is 45.2 Å². The molecule has 0 saturated carbocycles. The van der Waals surface area contributed by atoms with Gasteiger partial charge in [-0.15, -0.1) is 0 Å². The zero-order chi connectivity index (χ0) is 32.6. The minimum absolute atomic E-state index is 0.131. The molecule has 46 heavy (non-hydrogen) atoms. The molecule has 6 heteroatoms. The average Bonchev–Trinajstić information content (AvgIpc) is 3.05. The van der Waals surface area contributed by atoms with Crippen molar-refractivity contribution in [1.29, 1.82) is 0 Å². The topological polar surface area (TPSA) is 79.1 Å². The van der Waals surface area contributed by atoms with Crippen LogP contribution < -0.4 is 0 Å². The highest BCUT2D eigenvalue weighted by Crippen LogP contribution is 2.46. The molecule has 4 aromatic heterocycles. The molecule has 0 fully saturated rings. The molecule has 0 aliphatic carbocycles. The summed E-state index contributed by atoms with van der Waals surface area (Å²) in [5.41, 5.74) is 7.69. The molecule has 0 atom stereocenters. The maximum absolute atomic E-state index is 11.6. The number of phenolic OH excluding ortho intramolecular Hbond substituents is 2. The van der Waals surface area contributed by atoms with Crippen LogP contribution in [0.15, 0.2) is 109 Å². The van der Waals surface area contributed by atoms with Crippen molar-refractivity contribution in [3.05, 3.63) is 121 Å². The van der Waals surface area contributed by atoms with E-state index in [2.05, 4.69) is 69.7 Å². The lowest BCUT2D eigenvalue weighted by Crippen LogP contribution is -2.11. The summed E-state index contributed by atoms with van der Waals surface area (Å²) < 4.78 is 0. The van der Waals surface area contributed by atoms with Crippen LogP contribution in [0.2, 0.25) is 0 Å². The predicted octanol–water partition coefficient (Wildman–Crippen LogP) is 10.8. The van der Waals surface area contributed by atoms with E-state index in [4.69, 9.17) is 4.98 Å². The van der Waals surface area contributed by atoms with Crippen molar-refractivity contribution in [2.75, 3.05) is 0 Å². The monoisotopic (exact) mass is 623 g/mol. The molecular formula is C40H38N3O2P. The largest absolute Gasteiger partial charge is 0.507 e. The highest BCUT2D eigenvalue weighted by atomic mass is 31.0. The number of nitrogens with zero attached hydrogens (tertiary/aromatic N) is 3. The van der Waals surface area contributed by atoms with Gasteiger partial charge in [-0.2, -0.15) is 0 Å². The Hall–Kier alpha value is -4.86. The summed E-state index contributed by atoms with van der Waals surface area (Å²) in [5, 5.41) is 25.2. The van der Waals surface area contributed by atoms with E-state index < -0.39 is 0 Å². The lowest BCUT2D eigenvalue weighted by atomic mass is 9.83. The van der Waals surface area contributed by atoms with E-state index in [-0.39, 0.29) is 22.3 Å². The smallest absolute Gasteiger partial charge is 0.134 e. The number of pyridine rings is 3. The van der Waals surface area contributed by atoms with E-state index >= 15 is 0 Å². The van der Waals surface area contributed by atoms with E-state index in [1.54, 1.807) is 12.4 Å². The lowest BCUT2D eigenvalue weighted by molar-refractivity contribution is 0.477. The Kier molecular flexibility index (Phi) is 8.22. The van der Waals surface area contributed by atoms with Gasteiger partial charge in [0.05, 0.1) is 22.8 Å². The molecular weight excluding hydrogens is 585 g/mol. The van der Waals surface area contributed by atoms with E-state index in [1.165, 1.54) is 0 Å². The van der Waals surface area contributed by atoms with Crippen molar-refractivity contribution in [3.8, 4) is 67.1 Å². The second kappa shape index (κ2) is 12.2. The molecule has 0 unspecified atom stereocenters. The second-order valence-corrected chi connectivity index (χ2v) is 14.8. The Morgan fingerprint density at radius 1 is 0.478 bits per heavy atom. The van der Waals surface area contributed by atoms with Crippen LogP contribution in [0.4, 0.5) is 0 Å². The van der Waals surface area contributed by atoms with Crippen LogP contribution in [0, 0.1) is 0 Å². The van der Waals surface area contributed by atoms with E-state index in [9.17, 15) is 10.2 Å². The first-order valence-corrected chi connectivity index (χ1v) is 16.3. The van der Waals surface area contributed by atoms with Gasteiger partial charge in [0.2, 0.25) is 0 Å². The van der Waals surface area contributed by atoms with Crippen LogP contribution >= 0.6 is 8.19 Å². The van der Waals surface area contributed by atoms with Crippen molar-refractivity contribution in [1.82, 2.24) is 15.0 Å². The quantitative estimate of drug-likeness (QED) is 0.200. The second-order valence-electron chi connectivity index (χ2n) is 13.6. The highest BCUT2D eigenvalue weighted by Gasteiger charge is 2.23. The summed E-state index contributed by atoms with van der Waals surface area (Å²) in [6.45, 7) is 13.0. The predicted molar refractivity (Wildman–Crippen MR) is 190 cm³/mol. The molecule has 2 N–H and O–H groups in total. The SMILES string of the molecule is CC(C)(C)c1cc(-c2ccccn2)c(O)c(-c2cccc(-c3cccc(-c4cc(C(C)(C)C)cc(-c5ccccn5)c4O)p3)n2)c1. The van der Waals surface area contributed by atoms with Gasteiger partial charge in [0.15, 0.2) is 0 Å². The standard InChI is InChI=1S/C40H38N3O2P/c1-39(2,3)25-21-27(31-13-7-9-19-41-31)37(44)29(23-25)33-15-11-16-34(43-33)36-18-12-17-35(46-36)30-24-26(40(4,5)6)22-28(38(30)45)32-14-8-10-20-42-32/h7-24,44-45H,1-6H3. The molecule has 5 nitrogen and oxygen atoms in total. The third-order valence-corrected chi connectivity index (χ3v) is 9.40. The Labute approximate surface area is 272 Å². The molecule has 230 valence electrons. The summed E-state index contributed by atoms with van der Waals surface area (Å²) in [7, 11) is 0.913. The van der Waals surface area contributed by atoms with Crippen LogP contribution in [0.1, 0.15) is 52.7 Å². The van der Waals surface area contributed by atoms with Gasteiger partial charge >= 0.3 is 0 Å². The number of benzene rings is 2. The van der Waals surface area contributed by atoms with Crippen molar-refractivity contribution >= 4 is 8.19 Å². The first-order valence-electron chi connectivity index (χ1n) is 15.4. The van der Waals surface area contributed by atoms with Gasteiger partial charge in [-0.1, -0.05) is 74.0 Å². The van der Waals surface area contributed by atoms with Crippen molar-refractivity contribution < 1.29 is 10.2 Å². The number of rotatable bonds is 5. The Balaban J connectivity index is 1.47. The average molecular weight is 624 g/mol. The first-order chi connectivity index (χ1) is 21.9. The summed E-state index contributed by atoms with van der Waals surface area (Å²) in [6.07, 6.45) is 3.49. The van der Waals surface area contributed by atoms with Crippen molar-refractivity contribution in [2.45, 2.75) is 52.4 Å². The normalized spacial score (nSPS) is 12.0. The van der Waals surface area contributed by atoms with Gasteiger partial charge < -0.3 is 10.2 Å². The van der Waals surface area contributed by atoms with Gasteiger partial charge in [-0.05, 0) is 94.8 Å². The maximum atomic E-state index is 11.6. The van der Waals surface area contributed by atoms with Crippen LogP contribution in [0.3, 0.4) is 0 Å². The maximum Gasteiger partial charge on any atom is 0.134 e. The third kappa shape index (κ3) is 6.29. The molecule has 0 bridgehead atoms. The minimum atomic E-state index is -0.152. The Bertz CT molecular complexity index is 1880.